The maximum absolute atomic E-state index is 6.03. The summed E-state index contributed by atoms with van der Waals surface area (Å²) in [5.74, 6) is 1.29. The van der Waals surface area contributed by atoms with Crippen molar-refractivity contribution in [2.45, 2.75) is 18.9 Å². The van der Waals surface area contributed by atoms with Gasteiger partial charge in [0.1, 0.15) is 0 Å². The molecule has 0 aromatic rings. The minimum Gasteiger partial charge on any atom is -0.325 e. The van der Waals surface area contributed by atoms with Gasteiger partial charge < -0.3 is 5.73 Å². The van der Waals surface area contributed by atoms with Gasteiger partial charge in [-0.25, -0.2) is 10.0 Å². The molecule has 1 unspecified atom stereocenters. The van der Waals surface area contributed by atoms with Gasteiger partial charge in [0, 0.05) is 9.97 Å². The van der Waals surface area contributed by atoms with E-state index < -0.39 is 0 Å². The molecule has 1 atom stereocenters. The molecule has 0 heterocycles. The third-order valence-corrected chi connectivity index (χ3v) is 4.76. The lowest BCUT2D eigenvalue weighted by atomic mass is 10.0. The van der Waals surface area contributed by atoms with Crippen LogP contribution in [0.25, 0.3) is 0 Å². The van der Waals surface area contributed by atoms with Crippen LogP contribution in [0.5, 0.6) is 0 Å². The van der Waals surface area contributed by atoms with Crippen LogP contribution in [0, 0.1) is 0 Å². The Balaban J connectivity index is 3.70. The summed E-state index contributed by atoms with van der Waals surface area (Å²) in [5.41, 5.74) is 6.09. The van der Waals surface area contributed by atoms with Gasteiger partial charge in [-0.05, 0) is 37.9 Å². The first-order chi connectivity index (χ1) is 4.77. The molecule has 0 spiro atoms. The van der Waals surface area contributed by atoms with E-state index in [4.69, 9.17) is 5.73 Å². The van der Waals surface area contributed by atoms with E-state index in [1.807, 2.05) is 0 Å². The molecule has 70 valence electrons. The van der Waals surface area contributed by atoms with Crippen LogP contribution in [0.3, 0.4) is 0 Å². The second-order valence-corrected chi connectivity index (χ2v) is 9.69. The molecular formula is C8H20INS. The number of halogens is 1. The molecule has 3 heteroatoms. The molecule has 1 nitrogen and oxygen atoms in total. The van der Waals surface area contributed by atoms with E-state index in [0.29, 0.717) is 0 Å². The molecule has 0 aliphatic carbocycles. The van der Waals surface area contributed by atoms with Crippen LogP contribution in [-0.4, -0.2) is 34.5 Å². The molecular weight excluding hydrogens is 269 g/mol. The highest BCUT2D eigenvalue weighted by atomic mass is 127. The summed E-state index contributed by atoms with van der Waals surface area (Å²) < 4.78 is 1.06. The zero-order valence-corrected chi connectivity index (χ0v) is 11.0. The fourth-order valence-corrected chi connectivity index (χ4v) is 2.07. The van der Waals surface area contributed by atoms with Crippen molar-refractivity contribution in [2.75, 3.05) is 28.9 Å². The number of alkyl halides is 1. The normalized spacial score (nSPS) is 19.5. The highest BCUT2D eigenvalue weighted by molar-refractivity contribution is 14.1. The maximum atomic E-state index is 6.03. The van der Waals surface area contributed by atoms with E-state index >= 15 is 0 Å². The van der Waals surface area contributed by atoms with Gasteiger partial charge in [0.25, 0.3) is 0 Å². The lowest BCUT2D eigenvalue weighted by Crippen LogP contribution is -2.39. The van der Waals surface area contributed by atoms with Crippen LogP contribution < -0.4 is 5.73 Å². The summed E-state index contributed by atoms with van der Waals surface area (Å²) in [4.78, 5) is 0. The average Bonchev–Trinajstić information content (AvgIpc) is 1.83. The summed E-state index contributed by atoms with van der Waals surface area (Å²) in [6.45, 7) is 2.14. The van der Waals surface area contributed by atoms with Gasteiger partial charge in [0.15, 0.2) is 0 Å². The van der Waals surface area contributed by atoms with Gasteiger partial charge >= 0.3 is 0 Å². The van der Waals surface area contributed by atoms with E-state index in [-0.39, 0.29) is 15.6 Å². The third-order valence-electron chi connectivity index (χ3n) is 1.59. The quantitative estimate of drug-likeness (QED) is 0.623. The van der Waals surface area contributed by atoms with E-state index in [1.54, 1.807) is 0 Å². The zero-order valence-electron chi connectivity index (χ0n) is 7.98. The number of hydrogen-bond acceptors (Lipinski definition) is 1. The van der Waals surface area contributed by atoms with Crippen molar-refractivity contribution in [3.8, 4) is 0 Å². The molecule has 0 bridgehead atoms. The summed E-state index contributed by atoms with van der Waals surface area (Å²) in [5, 5.41) is 0. The predicted octanol–water partition coefficient (Wildman–Crippen LogP) is 2.22. The Hall–Kier alpha value is 1.04. The maximum Gasteiger partial charge on any atom is 0.0223 e. The molecule has 0 amide bonds. The average molecular weight is 289 g/mol. The molecule has 0 aliphatic heterocycles. The number of rotatable bonds is 4. The number of nitrogens with two attached hydrogens (primary N) is 1. The first kappa shape index (κ1) is 12.0. The molecule has 2 N–H and O–H groups in total. The predicted molar refractivity (Wildman–Crippen MR) is 66.3 cm³/mol. The molecule has 0 aromatic carbocycles. The van der Waals surface area contributed by atoms with E-state index in [1.165, 1.54) is 5.75 Å². The van der Waals surface area contributed by atoms with Crippen LogP contribution in [0.1, 0.15) is 13.3 Å². The van der Waals surface area contributed by atoms with E-state index in [2.05, 4.69) is 48.3 Å². The minimum atomic E-state index is -0.351. The number of hydrogen-bond donors (Lipinski definition) is 1. The fourth-order valence-electron chi connectivity index (χ4n) is 0.606. The van der Waals surface area contributed by atoms with Gasteiger partial charge in [-0.2, -0.15) is 0 Å². The lowest BCUT2D eigenvalue weighted by molar-refractivity contribution is 0.522. The van der Waals surface area contributed by atoms with Gasteiger partial charge in [0.05, 0.1) is 0 Å². The van der Waals surface area contributed by atoms with Crippen LogP contribution in [0.15, 0.2) is 0 Å². The Morgan fingerprint density at radius 1 is 1.36 bits per heavy atom. The Kier molecular flexibility index (Phi) is 4.73. The lowest BCUT2D eigenvalue weighted by Gasteiger charge is -2.30. The summed E-state index contributed by atoms with van der Waals surface area (Å²) in [6, 6.07) is 0. The summed E-state index contributed by atoms with van der Waals surface area (Å²) >= 11 is 2.37. The monoisotopic (exact) mass is 289 g/mol. The first-order valence-electron chi connectivity index (χ1n) is 3.78. The van der Waals surface area contributed by atoms with Gasteiger partial charge in [0.2, 0.25) is 0 Å². The smallest absolute Gasteiger partial charge is 0.0223 e. The SMILES string of the molecule is CC(N)(CI)CCS(C)(C)C. The highest BCUT2D eigenvalue weighted by Gasteiger charge is 2.18. The molecule has 0 saturated carbocycles. The van der Waals surface area contributed by atoms with Crippen molar-refractivity contribution in [1.82, 2.24) is 0 Å². The Labute approximate surface area is 86.0 Å². The van der Waals surface area contributed by atoms with Crippen LogP contribution in [0.4, 0.5) is 0 Å². The topological polar surface area (TPSA) is 26.0 Å². The summed E-state index contributed by atoms with van der Waals surface area (Å²) in [7, 11) is -0.351. The van der Waals surface area contributed by atoms with E-state index in [0.717, 1.165) is 10.8 Å². The van der Waals surface area contributed by atoms with Gasteiger partial charge in [-0.1, -0.05) is 22.6 Å². The molecule has 0 saturated heterocycles. The second kappa shape index (κ2) is 4.33. The van der Waals surface area contributed by atoms with Crippen molar-refractivity contribution < 1.29 is 0 Å². The molecule has 0 fully saturated rings. The minimum absolute atomic E-state index is 0.0564. The highest BCUT2D eigenvalue weighted by Crippen LogP contribution is 2.36. The molecule has 0 rings (SSSR count). The Morgan fingerprint density at radius 2 is 1.82 bits per heavy atom. The first-order valence-corrected chi connectivity index (χ1v) is 8.33. The van der Waals surface area contributed by atoms with Crippen LogP contribution in [-0.2, 0) is 0 Å². The third kappa shape index (κ3) is 7.40. The molecule has 0 radical (unpaired) electrons. The van der Waals surface area contributed by atoms with Gasteiger partial charge in [-0.15, -0.1) is 0 Å². The van der Waals surface area contributed by atoms with Crippen molar-refractivity contribution in [1.29, 1.82) is 0 Å². The zero-order chi connectivity index (χ0) is 9.12. The fraction of sp³-hybridized carbons (Fsp3) is 1.00. The molecule has 11 heavy (non-hydrogen) atoms. The standard InChI is InChI=1S/C8H20INS/c1-8(10,7-9)5-6-11(2,3)4/h5-7,10H2,1-4H3. The molecule has 0 aliphatic rings. The Bertz CT molecular complexity index is 118. The van der Waals surface area contributed by atoms with Crippen molar-refractivity contribution in [3.63, 3.8) is 0 Å². The molecule has 0 aromatic heterocycles. The van der Waals surface area contributed by atoms with Gasteiger partial charge in [-0.3, -0.25) is 0 Å². The second-order valence-electron chi connectivity index (χ2n) is 4.33. The van der Waals surface area contributed by atoms with Crippen LogP contribution in [0.2, 0.25) is 0 Å². The van der Waals surface area contributed by atoms with Crippen LogP contribution >= 0.6 is 32.6 Å². The summed E-state index contributed by atoms with van der Waals surface area (Å²) in [6.07, 6.45) is 8.19. The van der Waals surface area contributed by atoms with E-state index in [9.17, 15) is 0 Å². The van der Waals surface area contributed by atoms with Crippen molar-refractivity contribution >= 4 is 32.6 Å². The van der Waals surface area contributed by atoms with Crippen molar-refractivity contribution in [3.05, 3.63) is 0 Å². The Morgan fingerprint density at radius 3 is 2.09 bits per heavy atom. The largest absolute Gasteiger partial charge is 0.325 e. The van der Waals surface area contributed by atoms with Crippen molar-refractivity contribution in [2.24, 2.45) is 5.73 Å².